The molecule has 1 amide bonds. The Morgan fingerprint density at radius 1 is 1.39 bits per heavy atom. The van der Waals surface area contributed by atoms with Gasteiger partial charge in [-0.25, -0.2) is 0 Å². The fraction of sp³-hybridized carbons (Fsp3) is 0.556. The first-order valence-electron chi connectivity index (χ1n) is 8.19. The molecule has 1 aromatic rings. The van der Waals surface area contributed by atoms with Crippen LogP contribution in [-0.2, 0) is 9.53 Å². The highest BCUT2D eigenvalue weighted by molar-refractivity contribution is 5.98. The molecule has 0 saturated heterocycles. The molecule has 2 rings (SSSR count). The highest BCUT2D eigenvalue weighted by Gasteiger charge is 2.41. The number of nitrogens with one attached hydrogen (secondary N) is 1. The number of amides is 1. The van der Waals surface area contributed by atoms with Crippen LogP contribution in [-0.4, -0.2) is 25.2 Å². The Balaban J connectivity index is 2.10. The molecule has 0 radical (unpaired) electrons. The molecule has 0 spiro atoms. The fourth-order valence-electron chi connectivity index (χ4n) is 2.86. The zero-order valence-corrected chi connectivity index (χ0v) is 13.9. The Hall–Kier alpha value is -2.06. The molecule has 1 fully saturated rings. The summed E-state index contributed by atoms with van der Waals surface area (Å²) >= 11 is 0. The minimum absolute atomic E-state index is 0.173. The second-order valence-corrected chi connectivity index (χ2v) is 5.88. The number of carbonyl (C=O) groups is 1. The summed E-state index contributed by atoms with van der Waals surface area (Å²) in [5.41, 5.74) is 0.142. The number of hydrogen-bond acceptors (Lipinski definition) is 4. The predicted octanol–water partition coefficient (Wildman–Crippen LogP) is 3.63. The number of anilines is 1. The zero-order chi connectivity index (χ0) is 16.7. The molecule has 1 aromatic carbocycles. The maximum Gasteiger partial charge on any atom is 0.256 e. The van der Waals surface area contributed by atoms with Gasteiger partial charge in [0.25, 0.3) is 5.91 Å². The van der Waals surface area contributed by atoms with E-state index in [-0.39, 0.29) is 5.91 Å². The topological polar surface area (TPSA) is 71.3 Å². The van der Waals surface area contributed by atoms with Gasteiger partial charge in [0.15, 0.2) is 0 Å². The molecule has 0 unspecified atom stereocenters. The van der Waals surface area contributed by atoms with Crippen molar-refractivity contribution in [3.05, 3.63) is 23.8 Å². The standard InChI is InChI=1S/C18H24N2O3/c1-3-4-11-23-15-7-8-16(14(12-15)13-19)20-17(21)18(22-2)9-5-6-10-18/h7-8,12H,3-6,9-11H2,1-2H3,(H,20,21). The molecule has 1 N–H and O–H groups in total. The number of ether oxygens (including phenoxy) is 2. The van der Waals surface area contributed by atoms with Crippen molar-refractivity contribution < 1.29 is 14.3 Å². The van der Waals surface area contributed by atoms with E-state index in [1.807, 2.05) is 0 Å². The van der Waals surface area contributed by atoms with Crippen LogP contribution in [0.4, 0.5) is 5.69 Å². The Labute approximate surface area is 137 Å². The molecule has 124 valence electrons. The molecule has 1 saturated carbocycles. The van der Waals surface area contributed by atoms with E-state index < -0.39 is 5.60 Å². The largest absolute Gasteiger partial charge is 0.494 e. The third kappa shape index (κ3) is 4.02. The van der Waals surface area contributed by atoms with Crippen LogP contribution in [0.25, 0.3) is 0 Å². The SMILES string of the molecule is CCCCOc1ccc(NC(=O)C2(OC)CCCC2)c(C#N)c1. The second kappa shape index (κ2) is 7.98. The van der Waals surface area contributed by atoms with E-state index in [9.17, 15) is 10.1 Å². The van der Waals surface area contributed by atoms with Crippen molar-refractivity contribution in [2.75, 3.05) is 19.0 Å². The lowest BCUT2D eigenvalue weighted by Gasteiger charge is -2.26. The van der Waals surface area contributed by atoms with Gasteiger partial charge in [-0.2, -0.15) is 5.26 Å². The van der Waals surface area contributed by atoms with Crippen molar-refractivity contribution in [2.45, 2.75) is 51.0 Å². The van der Waals surface area contributed by atoms with Crippen molar-refractivity contribution in [3.8, 4) is 11.8 Å². The summed E-state index contributed by atoms with van der Waals surface area (Å²) in [6, 6.07) is 7.28. The van der Waals surface area contributed by atoms with Crippen LogP contribution in [0.15, 0.2) is 18.2 Å². The average Bonchev–Trinajstić information content (AvgIpc) is 3.06. The summed E-state index contributed by atoms with van der Waals surface area (Å²) in [6.45, 7) is 2.72. The minimum atomic E-state index is -0.761. The van der Waals surface area contributed by atoms with Crippen LogP contribution in [0.5, 0.6) is 5.75 Å². The average molecular weight is 316 g/mol. The van der Waals surface area contributed by atoms with Crippen LogP contribution in [0.2, 0.25) is 0 Å². The van der Waals surface area contributed by atoms with Crippen LogP contribution in [0.1, 0.15) is 51.0 Å². The number of unbranched alkanes of at least 4 members (excludes halogenated alkanes) is 1. The molecule has 5 nitrogen and oxygen atoms in total. The monoisotopic (exact) mass is 316 g/mol. The van der Waals surface area contributed by atoms with Gasteiger partial charge in [-0.15, -0.1) is 0 Å². The van der Waals surface area contributed by atoms with Crippen molar-refractivity contribution in [3.63, 3.8) is 0 Å². The molecule has 23 heavy (non-hydrogen) atoms. The van der Waals surface area contributed by atoms with Crippen LogP contribution < -0.4 is 10.1 Å². The van der Waals surface area contributed by atoms with Crippen LogP contribution in [0.3, 0.4) is 0 Å². The Morgan fingerprint density at radius 3 is 2.74 bits per heavy atom. The predicted molar refractivity (Wildman–Crippen MR) is 88.4 cm³/mol. The zero-order valence-electron chi connectivity index (χ0n) is 13.9. The lowest BCUT2D eigenvalue weighted by molar-refractivity contribution is -0.137. The maximum atomic E-state index is 12.6. The first kappa shape index (κ1) is 17.3. The Morgan fingerprint density at radius 2 is 2.13 bits per heavy atom. The lowest BCUT2D eigenvalue weighted by atomic mass is 10.0. The third-order valence-electron chi connectivity index (χ3n) is 4.34. The molecular weight excluding hydrogens is 292 g/mol. The van der Waals surface area contributed by atoms with Crippen LogP contribution >= 0.6 is 0 Å². The number of carbonyl (C=O) groups excluding carboxylic acids is 1. The number of nitrogens with zero attached hydrogens (tertiary/aromatic N) is 1. The molecule has 1 aliphatic carbocycles. The van der Waals surface area contributed by atoms with Gasteiger partial charge in [0.1, 0.15) is 17.4 Å². The summed E-state index contributed by atoms with van der Waals surface area (Å²) in [7, 11) is 1.57. The molecule has 0 aliphatic heterocycles. The third-order valence-corrected chi connectivity index (χ3v) is 4.34. The van der Waals surface area contributed by atoms with Gasteiger partial charge in [-0.1, -0.05) is 13.3 Å². The number of nitriles is 1. The van der Waals surface area contributed by atoms with E-state index in [1.165, 1.54) is 0 Å². The minimum Gasteiger partial charge on any atom is -0.494 e. The number of methoxy groups -OCH3 is 1. The fourth-order valence-corrected chi connectivity index (χ4v) is 2.86. The van der Waals surface area contributed by atoms with Gasteiger partial charge < -0.3 is 14.8 Å². The Bertz CT molecular complexity index is 586. The summed E-state index contributed by atoms with van der Waals surface area (Å²) in [5.74, 6) is 0.476. The van der Waals surface area contributed by atoms with Crippen molar-refractivity contribution in [2.24, 2.45) is 0 Å². The first-order valence-corrected chi connectivity index (χ1v) is 8.19. The van der Waals surface area contributed by atoms with E-state index in [1.54, 1.807) is 25.3 Å². The van der Waals surface area contributed by atoms with Gasteiger partial charge >= 0.3 is 0 Å². The van der Waals surface area contributed by atoms with Crippen molar-refractivity contribution >= 4 is 11.6 Å². The highest BCUT2D eigenvalue weighted by Crippen LogP contribution is 2.34. The van der Waals surface area contributed by atoms with E-state index in [0.29, 0.717) is 23.6 Å². The summed E-state index contributed by atoms with van der Waals surface area (Å²) in [6.07, 6.45) is 5.42. The molecule has 0 atom stereocenters. The van der Waals surface area contributed by atoms with Gasteiger partial charge in [-0.05, 0) is 50.3 Å². The second-order valence-electron chi connectivity index (χ2n) is 5.88. The number of rotatable bonds is 7. The van der Waals surface area contributed by atoms with Crippen LogP contribution in [0, 0.1) is 11.3 Å². The Kier molecular flexibility index (Phi) is 6.00. The molecule has 0 heterocycles. The normalized spacial score (nSPS) is 15.9. The summed E-state index contributed by atoms with van der Waals surface area (Å²) in [5, 5.41) is 12.2. The van der Waals surface area contributed by atoms with E-state index >= 15 is 0 Å². The van der Waals surface area contributed by atoms with Gasteiger partial charge in [0.05, 0.1) is 17.9 Å². The molecule has 0 bridgehead atoms. The maximum absolute atomic E-state index is 12.6. The van der Waals surface area contributed by atoms with Crippen molar-refractivity contribution in [1.29, 1.82) is 5.26 Å². The molecule has 0 aromatic heterocycles. The smallest absolute Gasteiger partial charge is 0.256 e. The molecular formula is C18H24N2O3. The summed E-state index contributed by atoms with van der Waals surface area (Å²) < 4.78 is 11.1. The summed E-state index contributed by atoms with van der Waals surface area (Å²) in [4.78, 5) is 12.6. The highest BCUT2D eigenvalue weighted by atomic mass is 16.5. The quantitative estimate of drug-likeness (QED) is 0.780. The van der Waals surface area contributed by atoms with Gasteiger partial charge in [0.2, 0.25) is 0 Å². The number of hydrogen-bond donors (Lipinski definition) is 1. The van der Waals surface area contributed by atoms with E-state index in [0.717, 1.165) is 38.5 Å². The lowest BCUT2D eigenvalue weighted by Crippen LogP contribution is -2.42. The molecule has 5 heteroatoms. The van der Waals surface area contributed by atoms with Gasteiger partial charge in [-0.3, -0.25) is 4.79 Å². The van der Waals surface area contributed by atoms with E-state index in [4.69, 9.17) is 9.47 Å². The molecule has 1 aliphatic rings. The van der Waals surface area contributed by atoms with Crippen molar-refractivity contribution in [1.82, 2.24) is 0 Å². The number of benzene rings is 1. The first-order chi connectivity index (χ1) is 11.1. The van der Waals surface area contributed by atoms with Gasteiger partial charge in [0, 0.05) is 7.11 Å². The van der Waals surface area contributed by atoms with E-state index in [2.05, 4.69) is 18.3 Å².